The molecule has 1 saturated heterocycles. The number of rotatable bonds is 13. The van der Waals surface area contributed by atoms with Crippen LogP contribution in [0.3, 0.4) is 0 Å². The number of H-pyrrole nitrogens is 1. The fourth-order valence-corrected chi connectivity index (χ4v) is 6.90. The second-order valence-electron chi connectivity index (χ2n) is 13.9. The molecule has 0 radical (unpaired) electrons. The number of likely N-dealkylation sites (tertiary alicyclic amines) is 1. The predicted molar refractivity (Wildman–Crippen MR) is 220 cm³/mol. The van der Waals surface area contributed by atoms with E-state index in [9.17, 15) is 19.2 Å². The van der Waals surface area contributed by atoms with Crippen molar-refractivity contribution in [2.24, 2.45) is 0 Å². The Morgan fingerprint density at radius 2 is 1.39 bits per heavy atom. The van der Waals surface area contributed by atoms with Gasteiger partial charge in [0.2, 0.25) is 11.8 Å². The number of aromatic amines is 1. The Morgan fingerprint density at radius 3 is 2.07 bits per heavy atom. The van der Waals surface area contributed by atoms with Crippen LogP contribution in [0.25, 0.3) is 22.4 Å². The van der Waals surface area contributed by atoms with Gasteiger partial charge in [0.05, 0.1) is 17.9 Å². The lowest BCUT2D eigenvalue weighted by Crippen LogP contribution is -2.43. The quantitative estimate of drug-likeness (QED) is 0.0925. The number of amides is 4. The van der Waals surface area contributed by atoms with Gasteiger partial charge in [0, 0.05) is 29.9 Å². The second-order valence-corrected chi connectivity index (χ2v) is 13.9. The van der Waals surface area contributed by atoms with Crippen LogP contribution < -0.4 is 16.0 Å². The minimum Gasteiger partial charge on any atom is -0.444 e. The third kappa shape index (κ3) is 9.63. The second kappa shape index (κ2) is 18.1. The van der Waals surface area contributed by atoms with E-state index in [1.54, 1.807) is 35.4 Å². The number of ether oxygens (including phenoxy) is 1. The minimum atomic E-state index is -0.936. The van der Waals surface area contributed by atoms with E-state index in [0.29, 0.717) is 35.6 Å². The molecule has 0 unspecified atom stereocenters. The molecule has 2 atom stereocenters. The maximum absolute atomic E-state index is 14.4. The summed E-state index contributed by atoms with van der Waals surface area (Å²) in [6.45, 7) is 2.64. The summed E-state index contributed by atoms with van der Waals surface area (Å²) in [5.41, 5.74) is 6.97. The fraction of sp³-hybridized carbons (Fsp3) is 0.196. The molecule has 4 amide bonds. The Kier molecular flexibility index (Phi) is 12.1. The van der Waals surface area contributed by atoms with Crippen molar-refractivity contribution in [3.05, 3.63) is 162 Å². The normalized spacial score (nSPS) is 14.1. The zero-order chi connectivity index (χ0) is 39.6. The van der Waals surface area contributed by atoms with Gasteiger partial charge in [-0.2, -0.15) is 0 Å². The summed E-state index contributed by atoms with van der Waals surface area (Å²) in [5.74, 6) is 0.0406. The first-order valence-corrected chi connectivity index (χ1v) is 19.1. The van der Waals surface area contributed by atoms with Gasteiger partial charge in [-0.05, 0) is 83.5 Å². The molecule has 6 aromatic rings. The monoisotopic (exact) mass is 760 g/mol. The number of hydrogen-bond donors (Lipinski definition) is 4. The van der Waals surface area contributed by atoms with Gasteiger partial charge in [-0.25, -0.2) is 9.78 Å². The summed E-state index contributed by atoms with van der Waals surface area (Å²) >= 11 is 0. The van der Waals surface area contributed by atoms with Crippen molar-refractivity contribution in [3.63, 3.8) is 0 Å². The van der Waals surface area contributed by atoms with E-state index >= 15 is 0 Å². The summed E-state index contributed by atoms with van der Waals surface area (Å²) in [6.07, 6.45) is 3.99. The number of nitrogens with one attached hydrogen (secondary N) is 4. The highest BCUT2D eigenvalue weighted by Crippen LogP contribution is 2.34. The van der Waals surface area contributed by atoms with Crippen LogP contribution in [0.5, 0.6) is 0 Å². The Labute approximate surface area is 331 Å². The average Bonchev–Trinajstić information content (AvgIpc) is 3.94. The molecule has 1 aliphatic rings. The Hall–Kier alpha value is -7.01. The highest BCUT2D eigenvalue weighted by Gasteiger charge is 2.37. The van der Waals surface area contributed by atoms with Crippen LogP contribution in [0.4, 0.5) is 16.2 Å². The smallest absolute Gasteiger partial charge is 0.411 e. The number of nitrogens with zero attached hydrogens (tertiary/aromatic N) is 2. The van der Waals surface area contributed by atoms with Crippen molar-refractivity contribution < 1.29 is 23.9 Å². The molecule has 5 aromatic carbocycles. The van der Waals surface area contributed by atoms with Gasteiger partial charge < -0.3 is 25.3 Å². The van der Waals surface area contributed by atoms with Crippen LogP contribution >= 0.6 is 0 Å². The van der Waals surface area contributed by atoms with E-state index in [4.69, 9.17) is 9.72 Å². The van der Waals surface area contributed by atoms with Gasteiger partial charge in [-0.1, -0.05) is 104 Å². The summed E-state index contributed by atoms with van der Waals surface area (Å²) < 4.78 is 5.30. The van der Waals surface area contributed by atoms with Crippen molar-refractivity contribution in [1.29, 1.82) is 0 Å². The predicted octanol–water partition coefficient (Wildman–Crippen LogP) is 9.07. The van der Waals surface area contributed by atoms with Crippen molar-refractivity contribution >= 4 is 35.2 Å². The number of imidazole rings is 1. The first-order valence-electron chi connectivity index (χ1n) is 19.1. The SMILES string of the molecule is CCCC(=O)Nc1ccc(-c2ccc(-c3cnc([C@@H]4CCCN4C(=O)[C@H](NC(=O)c4ccc(NC(=O)OCc5ccccc5)cc4)c4ccccc4)[nH]3)cc2)cc1. The molecule has 288 valence electrons. The number of carbonyl (C=O) groups is 4. The van der Waals surface area contributed by atoms with Crippen LogP contribution in [0.1, 0.15) is 72.0 Å². The maximum Gasteiger partial charge on any atom is 0.411 e. The van der Waals surface area contributed by atoms with Crippen molar-refractivity contribution in [3.8, 4) is 22.4 Å². The van der Waals surface area contributed by atoms with E-state index in [1.807, 2.05) is 116 Å². The first kappa shape index (κ1) is 38.3. The molecule has 4 N–H and O–H groups in total. The molecule has 0 spiro atoms. The van der Waals surface area contributed by atoms with Crippen LogP contribution in [0, 0.1) is 0 Å². The molecule has 0 saturated carbocycles. The molecule has 2 heterocycles. The van der Waals surface area contributed by atoms with Gasteiger partial charge in [-0.15, -0.1) is 0 Å². The van der Waals surface area contributed by atoms with Crippen LogP contribution in [0.2, 0.25) is 0 Å². The number of anilines is 2. The lowest BCUT2D eigenvalue weighted by molar-refractivity contribution is -0.134. The topological polar surface area (TPSA) is 146 Å². The zero-order valence-electron chi connectivity index (χ0n) is 31.6. The van der Waals surface area contributed by atoms with E-state index in [1.165, 1.54) is 0 Å². The van der Waals surface area contributed by atoms with E-state index in [0.717, 1.165) is 52.9 Å². The van der Waals surface area contributed by atoms with E-state index in [-0.39, 0.29) is 24.5 Å². The summed E-state index contributed by atoms with van der Waals surface area (Å²) in [4.78, 5) is 62.3. The molecule has 11 heteroatoms. The summed E-state index contributed by atoms with van der Waals surface area (Å²) in [6, 6.07) is 39.7. The van der Waals surface area contributed by atoms with Gasteiger partial charge in [0.15, 0.2) is 0 Å². The molecule has 0 bridgehead atoms. The first-order chi connectivity index (χ1) is 27.8. The van der Waals surface area contributed by atoms with Gasteiger partial charge in [0.25, 0.3) is 5.91 Å². The third-order valence-corrected chi connectivity index (χ3v) is 9.88. The largest absolute Gasteiger partial charge is 0.444 e. The summed E-state index contributed by atoms with van der Waals surface area (Å²) in [5, 5.41) is 8.57. The number of benzene rings is 5. The van der Waals surface area contributed by atoms with Crippen LogP contribution in [-0.2, 0) is 20.9 Å². The molecule has 7 rings (SSSR count). The van der Waals surface area contributed by atoms with Crippen molar-refractivity contribution in [2.45, 2.75) is 51.3 Å². The van der Waals surface area contributed by atoms with E-state index < -0.39 is 18.0 Å². The van der Waals surface area contributed by atoms with Crippen molar-refractivity contribution in [2.75, 3.05) is 17.2 Å². The number of aromatic nitrogens is 2. The fourth-order valence-electron chi connectivity index (χ4n) is 6.90. The number of hydrogen-bond acceptors (Lipinski definition) is 6. The Balaban J connectivity index is 1.00. The standard InChI is InChI=1S/C46H44N6O5/c1-2-10-41(53)48-37-24-20-33(21-25-37)32-16-18-34(19-17-32)39-29-47-43(50-39)40-15-9-28-52(40)45(55)42(35-13-7-4-8-14-35)51-44(54)36-22-26-38(27-23-36)49-46(56)57-30-31-11-5-3-6-12-31/h3-8,11-14,16-27,29,40,42H,2,9-10,15,28,30H2,1H3,(H,47,50)(H,48,53)(H,49,56)(H,51,54)/t40-,42+/m0/s1. The molecule has 1 fully saturated rings. The molecule has 0 aliphatic carbocycles. The van der Waals surface area contributed by atoms with E-state index in [2.05, 4.69) is 20.9 Å². The van der Waals surface area contributed by atoms with Gasteiger partial charge >= 0.3 is 6.09 Å². The molecular weight excluding hydrogens is 717 g/mol. The van der Waals surface area contributed by atoms with Crippen molar-refractivity contribution in [1.82, 2.24) is 20.2 Å². The molecule has 11 nitrogen and oxygen atoms in total. The van der Waals surface area contributed by atoms with Crippen LogP contribution in [0.15, 0.2) is 140 Å². The Morgan fingerprint density at radius 1 is 0.772 bits per heavy atom. The van der Waals surface area contributed by atoms with Gasteiger partial charge in [-0.3, -0.25) is 19.7 Å². The molecule has 1 aliphatic heterocycles. The molecule has 1 aromatic heterocycles. The number of carbonyl (C=O) groups excluding carboxylic acids is 4. The average molecular weight is 761 g/mol. The lowest BCUT2D eigenvalue weighted by atomic mass is 10.0. The summed E-state index contributed by atoms with van der Waals surface area (Å²) in [7, 11) is 0. The Bertz CT molecular complexity index is 2290. The van der Waals surface area contributed by atoms with Crippen LogP contribution in [-0.4, -0.2) is 45.2 Å². The highest BCUT2D eigenvalue weighted by atomic mass is 16.5. The molecular formula is C46H44N6O5. The van der Waals surface area contributed by atoms with Gasteiger partial charge in [0.1, 0.15) is 18.5 Å². The molecule has 57 heavy (non-hydrogen) atoms. The minimum absolute atomic E-state index is 0.00958. The maximum atomic E-state index is 14.4. The third-order valence-electron chi connectivity index (χ3n) is 9.88. The zero-order valence-corrected chi connectivity index (χ0v) is 31.6. The lowest BCUT2D eigenvalue weighted by Gasteiger charge is -2.28. The highest BCUT2D eigenvalue weighted by molar-refractivity contribution is 5.98.